The molecule has 33 heavy (non-hydrogen) atoms. The Morgan fingerprint density at radius 3 is 2.24 bits per heavy atom. The van der Waals surface area contributed by atoms with Gasteiger partial charge >= 0.3 is 0 Å². The first kappa shape index (κ1) is 22.2. The van der Waals surface area contributed by atoms with Gasteiger partial charge < -0.3 is 4.90 Å². The van der Waals surface area contributed by atoms with E-state index in [9.17, 15) is 14.9 Å². The minimum Gasteiger partial charge on any atom is -0.369 e. The number of amides is 1. The molecule has 1 heterocycles. The number of nitrogens with zero attached hydrogens (tertiary/aromatic N) is 4. The Morgan fingerprint density at radius 2 is 1.61 bits per heavy atom. The van der Waals surface area contributed by atoms with Gasteiger partial charge in [0.1, 0.15) is 0 Å². The Bertz CT molecular complexity index is 1110. The molecule has 0 bridgehead atoms. The van der Waals surface area contributed by atoms with Gasteiger partial charge in [-0.2, -0.15) is 5.10 Å². The summed E-state index contributed by atoms with van der Waals surface area (Å²) >= 11 is 0. The van der Waals surface area contributed by atoms with E-state index in [0.717, 1.165) is 38.3 Å². The molecule has 0 radical (unpaired) electrons. The zero-order valence-electron chi connectivity index (χ0n) is 18.1. The molecule has 0 unspecified atom stereocenters. The van der Waals surface area contributed by atoms with Crippen molar-refractivity contribution < 1.29 is 9.72 Å². The van der Waals surface area contributed by atoms with Crippen molar-refractivity contribution in [3.05, 3.63) is 106 Å². The van der Waals surface area contributed by atoms with Crippen LogP contribution >= 0.6 is 0 Å². The maximum Gasteiger partial charge on any atom is 0.271 e. The van der Waals surface area contributed by atoms with Crippen LogP contribution in [0.1, 0.15) is 21.5 Å². The maximum absolute atomic E-state index is 12.3. The predicted molar refractivity (Wildman–Crippen MR) is 129 cm³/mol. The van der Waals surface area contributed by atoms with Crippen LogP contribution in [0.2, 0.25) is 0 Å². The number of anilines is 1. The second-order valence-electron chi connectivity index (χ2n) is 7.84. The molecular weight excluding hydrogens is 418 g/mol. The second-order valence-corrected chi connectivity index (χ2v) is 7.84. The monoisotopic (exact) mass is 443 g/mol. The second kappa shape index (κ2) is 10.5. The van der Waals surface area contributed by atoms with Crippen molar-refractivity contribution in [2.75, 3.05) is 31.1 Å². The maximum atomic E-state index is 12.3. The van der Waals surface area contributed by atoms with Crippen LogP contribution in [0.4, 0.5) is 11.4 Å². The molecule has 0 aliphatic carbocycles. The molecule has 1 N–H and O–H groups in total. The van der Waals surface area contributed by atoms with E-state index in [1.54, 1.807) is 24.3 Å². The summed E-state index contributed by atoms with van der Waals surface area (Å²) < 4.78 is 0. The Labute approximate surface area is 192 Å². The number of hydrogen-bond acceptors (Lipinski definition) is 6. The number of nitro groups is 1. The highest BCUT2D eigenvalue weighted by atomic mass is 16.6. The van der Waals surface area contributed by atoms with E-state index in [-0.39, 0.29) is 11.6 Å². The number of hydrogen-bond donors (Lipinski definition) is 1. The molecule has 1 fully saturated rings. The minimum absolute atomic E-state index is 0.00866. The third-order valence-electron chi connectivity index (χ3n) is 5.60. The zero-order valence-corrected chi connectivity index (χ0v) is 18.1. The molecule has 4 rings (SSSR count). The number of benzene rings is 3. The van der Waals surface area contributed by atoms with Gasteiger partial charge in [0.25, 0.3) is 11.6 Å². The first-order valence-corrected chi connectivity index (χ1v) is 10.8. The number of carbonyl (C=O) groups is 1. The molecule has 8 nitrogen and oxygen atoms in total. The van der Waals surface area contributed by atoms with E-state index < -0.39 is 4.92 Å². The van der Waals surface area contributed by atoms with E-state index in [1.165, 1.54) is 24.0 Å². The summed E-state index contributed by atoms with van der Waals surface area (Å²) in [7, 11) is 0. The van der Waals surface area contributed by atoms with Crippen molar-refractivity contribution in [3.8, 4) is 0 Å². The molecule has 168 valence electrons. The Kier molecular flexibility index (Phi) is 7.06. The van der Waals surface area contributed by atoms with Crippen LogP contribution in [0.25, 0.3) is 0 Å². The molecule has 1 aliphatic heterocycles. The fourth-order valence-corrected chi connectivity index (χ4v) is 3.73. The van der Waals surface area contributed by atoms with E-state index in [1.807, 2.05) is 18.2 Å². The molecule has 3 aromatic carbocycles. The average molecular weight is 444 g/mol. The van der Waals surface area contributed by atoms with Crippen molar-refractivity contribution in [1.29, 1.82) is 0 Å². The van der Waals surface area contributed by atoms with E-state index in [4.69, 9.17) is 0 Å². The number of para-hydroxylation sites is 1. The molecule has 1 aliphatic rings. The van der Waals surface area contributed by atoms with Gasteiger partial charge in [-0.05, 0) is 47.5 Å². The van der Waals surface area contributed by atoms with Crippen molar-refractivity contribution in [2.45, 2.75) is 6.54 Å². The Balaban J connectivity index is 1.25. The lowest BCUT2D eigenvalue weighted by Gasteiger charge is -2.36. The van der Waals surface area contributed by atoms with E-state index >= 15 is 0 Å². The van der Waals surface area contributed by atoms with Crippen molar-refractivity contribution >= 4 is 23.5 Å². The number of nitrogens with one attached hydrogen (secondary N) is 1. The topological polar surface area (TPSA) is 91.1 Å². The van der Waals surface area contributed by atoms with Gasteiger partial charge in [0, 0.05) is 56.1 Å². The van der Waals surface area contributed by atoms with Gasteiger partial charge in [-0.15, -0.1) is 0 Å². The molecule has 8 heteroatoms. The highest BCUT2D eigenvalue weighted by Crippen LogP contribution is 2.17. The SMILES string of the molecule is O=C(N/N=C/c1ccc([N+](=O)[O-])cc1)c1ccc(CN2CCN(c3ccccc3)CC2)cc1. The lowest BCUT2D eigenvalue weighted by atomic mass is 10.1. The van der Waals surface area contributed by atoms with Crippen LogP contribution in [-0.2, 0) is 6.54 Å². The van der Waals surface area contributed by atoms with E-state index in [2.05, 4.69) is 44.6 Å². The summed E-state index contributed by atoms with van der Waals surface area (Å²) in [6.07, 6.45) is 1.45. The predicted octanol–water partition coefficient (Wildman–Crippen LogP) is 3.68. The van der Waals surface area contributed by atoms with Crippen LogP contribution in [0.5, 0.6) is 0 Å². The van der Waals surface area contributed by atoms with Gasteiger partial charge in [-0.3, -0.25) is 19.8 Å². The van der Waals surface area contributed by atoms with Gasteiger partial charge in [0.05, 0.1) is 11.1 Å². The number of non-ortho nitro benzene ring substituents is 1. The first-order valence-electron chi connectivity index (χ1n) is 10.8. The largest absolute Gasteiger partial charge is 0.369 e. The highest BCUT2D eigenvalue weighted by Gasteiger charge is 2.17. The molecule has 1 saturated heterocycles. The van der Waals surface area contributed by atoms with Crippen molar-refractivity contribution in [2.24, 2.45) is 5.10 Å². The van der Waals surface area contributed by atoms with Crippen LogP contribution in [0, 0.1) is 10.1 Å². The number of hydrazone groups is 1. The molecule has 0 atom stereocenters. The minimum atomic E-state index is -0.461. The van der Waals surface area contributed by atoms with E-state index in [0.29, 0.717) is 11.1 Å². The lowest BCUT2D eigenvalue weighted by Crippen LogP contribution is -2.45. The van der Waals surface area contributed by atoms with Gasteiger partial charge in [0.15, 0.2) is 0 Å². The zero-order chi connectivity index (χ0) is 23.0. The smallest absolute Gasteiger partial charge is 0.271 e. The molecule has 0 saturated carbocycles. The van der Waals surface area contributed by atoms with Crippen molar-refractivity contribution in [3.63, 3.8) is 0 Å². The Morgan fingerprint density at radius 1 is 0.939 bits per heavy atom. The summed E-state index contributed by atoms with van der Waals surface area (Å²) in [5.41, 5.74) is 6.10. The van der Waals surface area contributed by atoms with Crippen LogP contribution < -0.4 is 10.3 Å². The third-order valence-corrected chi connectivity index (χ3v) is 5.60. The molecule has 0 spiro atoms. The van der Waals surface area contributed by atoms with Gasteiger partial charge in [-0.25, -0.2) is 5.43 Å². The summed E-state index contributed by atoms with van der Waals surface area (Å²) in [6.45, 7) is 4.83. The summed E-state index contributed by atoms with van der Waals surface area (Å²) in [5, 5.41) is 14.6. The normalized spacial score (nSPS) is 14.4. The van der Waals surface area contributed by atoms with Crippen LogP contribution in [0.15, 0.2) is 84.0 Å². The molecule has 3 aromatic rings. The fourth-order valence-electron chi connectivity index (χ4n) is 3.73. The Hall–Kier alpha value is -4.04. The first-order chi connectivity index (χ1) is 16.1. The number of carbonyl (C=O) groups excluding carboxylic acids is 1. The third kappa shape index (κ3) is 6.02. The standard InChI is InChI=1S/C25H25N5O3/c31-25(27-26-18-20-8-12-24(13-9-20)30(32)33)22-10-6-21(7-11-22)19-28-14-16-29(17-15-28)23-4-2-1-3-5-23/h1-13,18H,14-17,19H2,(H,27,31)/b26-18+. The highest BCUT2D eigenvalue weighted by molar-refractivity contribution is 5.94. The number of rotatable bonds is 7. The molecule has 0 aromatic heterocycles. The van der Waals surface area contributed by atoms with Crippen LogP contribution in [-0.4, -0.2) is 48.1 Å². The summed E-state index contributed by atoms with van der Waals surface area (Å²) in [5.74, 6) is -0.309. The van der Waals surface area contributed by atoms with Gasteiger partial charge in [0.2, 0.25) is 0 Å². The van der Waals surface area contributed by atoms with Crippen molar-refractivity contribution in [1.82, 2.24) is 10.3 Å². The molecule has 1 amide bonds. The summed E-state index contributed by atoms with van der Waals surface area (Å²) in [6, 6.07) is 23.9. The summed E-state index contributed by atoms with van der Waals surface area (Å²) in [4.78, 5) is 27.4. The quantitative estimate of drug-likeness (QED) is 0.342. The fraction of sp³-hybridized carbons (Fsp3) is 0.200. The average Bonchev–Trinajstić information content (AvgIpc) is 2.86. The lowest BCUT2D eigenvalue weighted by molar-refractivity contribution is -0.384. The van der Waals surface area contributed by atoms with Crippen LogP contribution in [0.3, 0.4) is 0 Å². The number of nitro benzene ring substituents is 1. The van der Waals surface area contributed by atoms with Gasteiger partial charge in [-0.1, -0.05) is 30.3 Å². The molecular formula is C25H25N5O3. The number of piperazine rings is 1.